The molecule has 2 heteroatoms. The summed E-state index contributed by atoms with van der Waals surface area (Å²) in [6, 6.07) is 64.9. The van der Waals surface area contributed by atoms with E-state index in [1.165, 1.54) is 49.0 Å². The third-order valence-electron chi connectivity index (χ3n) is 10.7. The van der Waals surface area contributed by atoms with Crippen molar-refractivity contribution >= 4 is 65.2 Å². The smallest absolute Gasteiger partial charge is 0.178 e. The second-order valence-electron chi connectivity index (χ2n) is 13.5. The fourth-order valence-electron chi connectivity index (χ4n) is 8.40. The first-order valence-electron chi connectivity index (χ1n) is 17.8. The average molecular weight is 663 g/mol. The van der Waals surface area contributed by atoms with Crippen LogP contribution in [0.2, 0.25) is 0 Å². The summed E-state index contributed by atoms with van der Waals surface area (Å²) in [5, 5.41) is 10.6. The van der Waals surface area contributed by atoms with Gasteiger partial charge in [0.15, 0.2) is 11.2 Å². The maximum Gasteiger partial charge on any atom is 0.178 e. The first kappa shape index (κ1) is 28.9. The molecule has 0 spiro atoms. The summed E-state index contributed by atoms with van der Waals surface area (Å²) >= 11 is 0. The number of rotatable bonds is 4. The van der Waals surface area contributed by atoms with Crippen LogP contribution < -0.4 is 0 Å². The van der Waals surface area contributed by atoms with E-state index < -0.39 is 0 Å². The van der Waals surface area contributed by atoms with Gasteiger partial charge in [-0.1, -0.05) is 158 Å². The van der Waals surface area contributed by atoms with Gasteiger partial charge in [0.2, 0.25) is 0 Å². The Morgan fingerprint density at radius 1 is 0.288 bits per heavy atom. The van der Waals surface area contributed by atoms with Gasteiger partial charge in [-0.25, -0.2) is 0 Å². The standard InChI is InChI=1S/C50H30O2/c1-3-15-32(16-4-1)46-42-28-27-41-43-30-34(26-29-44(43)51-49(41)50(42)52-48(46)33-17-5-2-6-18-33)45-37-21-9-11-23-39(37)47(40-24-12-10-22-38(40)45)36-25-13-19-31-14-7-8-20-35(31)36/h1-30H. The highest BCUT2D eigenvalue weighted by atomic mass is 16.4. The van der Waals surface area contributed by atoms with E-state index in [9.17, 15) is 0 Å². The maximum atomic E-state index is 6.80. The molecule has 2 nitrogen and oxygen atoms in total. The molecule has 9 aromatic carbocycles. The first-order valence-corrected chi connectivity index (χ1v) is 17.8. The Bertz CT molecular complexity index is 3100. The van der Waals surface area contributed by atoms with E-state index in [1.807, 2.05) is 12.1 Å². The van der Waals surface area contributed by atoms with E-state index in [4.69, 9.17) is 8.83 Å². The van der Waals surface area contributed by atoms with Crippen LogP contribution in [0.1, 0.15) is 0 Å². The topological polar surface area (TPSA) is 26.3 Å². The normalized spacial score (nSPS) is 11.8. The van der Waals surface area contributed by atoms with Crippen LogP contribution in [-0.2, 0) is 0 Å². The molecule has 0 bridgehead atoms. The average Bonchev–Trinajstić information content (AvgIpc) is 3.79. The molecule has 0 N–H and O–H groups in total. The second kappa shape index (κ2) is 11.3. The van der Waals surface area contributed by atoms with Gasteiger partial charge in [-0.2, -0.15) is 0 Å². The molecular weight excluding hydrogens is 633 g/mol. The van der Waals surface area contributed by atoms with Gasteiger partial charge < -0.3 is 8.83 Å². The number of fused-ring (bicyclic) bond motifs is 8. The van der Waals surface area contributed by atoms with Crippen molar-refractivity contribution in [2.45, 2.75) is 0 Å². The minimum absolute atomic E-state index is 0.767. The molecule has 11 aromatic rings. The summed E-state index contributed by atoms with van der Waals surface area (Å²) < 4.78 is 13.5. The van der Waals surface area contributed by atoms with E-state index in [0.29, 0.717) is 0 Å². The molecule has 0 aliphatic rings. The third-order valence-corrected chi connectivity index (χ3v) is 10.7. The molecule has 0 saturated carbocycles. The number of hydrogen-bond acceptors (Lipinski definition) is 2. The highest BCUT2D eigenvalue weighted by Crippen LogP contribution is 2.48. The predicted molar refractivity (Wildman–Crippen MR) is 218 cm³/mol. The number of furan rings is 2. The molecule has 2 aromatic heterocycles. The third kappa shape index (κ3) is 4.25. The van der Waals surface area contributed by atoms with Crippen LogP contribution in [0.3, 0.4) is 0 Å². The van der Waals surface area contributed by atoms with Crippen molar-refractivity contribution in [2.75, 3.05) is 0 Å². The van der Waals surface area contributed by atoms with Crippen LogP contribution in [0, 0.1) is 0 Å². The summed E-state index contributed by atoms with van der Waals surface area (Å²) in [6.07, 6.45) is 0. The Hall–Kier alpha value is -6.90. The Kier molecular flexibility index (Phi) is 6.28. The fourth-order valence-corrected chi connectivity index (χ4v) is 8.40. The molecule has 0 saturated heterocycles. The van der Waals surface area contributed by atoms with Gasteiger partial charge in [-0.3, -0.25) is 0 Å². The van der Waals surface area contributed by atoms with E-state index in [0.717, 1.165) is 60.9 Å². The molecule has 0 aliphatic heterocycles. The monoisotopic (exact) mass is 662 g/mol. The van der Waals surface area contributed by atoms with Gasteiger partial charge in [-0.15, -0.1) is 0 Å². The van der Waals surface area contributed by atoms with Crippen LogP contribution in [0.15, 0.2) is 191 Å². The largest absolute Gasteiger partial charge is 0.452 e. The second-order valence-corrected chi connectivity index (χ2v) is 13.5. The lowest BCUT2D eigenvalue weighted by atomic mass is 9.84. The van der Waals surface area contributed by atoms with Gasteiger partial charge in [0.1, 0.15) is 11.3 Å². The van der Waals surface area contributed by atoms with Gasteiger partial charge in [0.25, 0.3) is 0 Å². The van der Waals surface area contributed by atoms with E-state index in [2.05, 4.69) is 170 Å². The van der Waals surface area contributed by atoms with Crippen LogP contribution in [-0.4, -0.2) is 0 Å². The summed E-state index contributed by atoms with van der Waals surface area (Å²) in [5.41, 5.74) is 10.5. The zero-order valence-electron chi connectivity index (χ0n) is 28.1. The van der Waals surface area contributed by atoms with Crippen molar-refractivity contribution < 1.29 is 8.83 Å². The number of hydrogen-bond donors (Lipinski definition) is 0. The van der Waals surface area contributed by atoms with E-state index in [-0.39, 0.29) is 0 Å². The molecule has 0 unspecified atom stereocenters. The molecule has 0 amide bonds. The van der Waals surface area contributed by atoms with Crippen molar-refractivity contribution in [3.63, 3.8) is 0 Å². The van der Waals surface area contributed by atoms with Gasteiger partial charge in [0, 0.05) is 27.3 Å². The fraction of sp³-hybridized carbons (Fsp3) is 0. The molecule has 52 heavy (non-hydrogen) atoms. The molecule has 2 heterocycles. The van der Waals surface area contributed by atoms with Crippen molar-refractivity contribution in [3.8, 4) is 44.7 Å². The van der Waals surface area contributed by atoms with Gasteiger partial charge >= 0.3 is 0 Å². The maximum absolute atomic E-state index is 6.80. The molecule has 0 aliphatic carbocycles. The molecule has 11 rings (SSSR count). The molecule has 242 valence electrons. The lowest BCUT2D eigenvalue weighted by Gasteiger charge is -2.18. The van der Waals surface area contributed by atoms with Crippen LogP contribution in [0.5, 0.6) is 0 Å². The van der Waals surface area contributed by atoms with Crippen molar-refractivity contribution in [1.29, 1.82) is 0 Å². The lowest BCUT2D eigenvalue weighted by Crippen LogP contribution is -1.91. The highest BCUT2D eigenvalue weighted by Gasteiger charge is 2.23. The molecule has 0 fully saturated rings. The summed E-state index contributed by atoms with van der Waals surface area (Å²) in [7, 11) is 0. The van der Waals surface area contributed by atoms with Crippen molar-refractivity contribution in [2.24, 2.45) is 0 Å². The predicted octanol–water partition coefficient (Wildman–Crippen LogP) is 14.5. The van der Waals surface area contributed by atoms with Crippen molar-refractivity contribution in [1.82, 2.24) is 0 Å². The zero-order chi connectivity index (χ0) is 34.2. The summed E-state index contributed by atoms with van der Waals surface area (Å²) in [4.78, 5) is 0. The molecule has 0 atom stereocenters. The minimum atomic E-state index is 0.767. The minimum Gasteiger partial charge on any atom is -0.452 e. The van der Waals surface area contributed by atoms with Crippen LogP contribution in [0.25, 0.3) is 110 Å². The Labute approximate surface area is 299 Å². The van der Waals surface area contributed by atoms with Crippen molar-refractivity contribution in [3.05, 3.63) is 182 Å². The van der Waals surface area contributed by atoms with Gasteiger partial charge in [0.05, 0.1) is 0 Å². The number of benzene rings is 9. The summed E-state index contributed by atoms with van der Waals surface area (Å²) in [5.74, 6) is 0.847. The molecule has 0 radical (unpaired) electrons. The zero-order valence-corrected chi connectivity index (χ0v) is 28.1. The first-order chi connectivity index (χ1) is 25.8. The quantitative estimate of drug-likeness (QED) is 0.175. The Balaban J connectivity index is 1.17. The molecular formula is C50H30O2. The van der Waals surface area contributed by atoms with Crippen LogP contribution in [0.4, 0.5) is 0 Å². The van der Waals surface area contributed by atoms with E-state index in [1.54, 1.807) is 0 Å². The Morgan fingerprint density at radius 2 is 0.846 bits per heavy atom. The SMILES string of the molecule is c1ccc(-c2oc3c(ccc4c5cc(-c6c7ccccc7c(-c7cccc8ccccc78)c7ccccc67)ccc5oc43)c2-c2ccccc2)cc1. The van der Waals surface area contributed by atoms with Gasteiger partial charge in [-0.05, 0) is 84.4 Å². The van der Waals surface area contributed by atoms with Crippen LogP contribution >= 0.6 is 0 Å². The van der Waals surface area contributed by atoms with E-state index >= 15 is 0 Å². The lowest BCUT2D eigenvalue weighted by molar-refractivity contribution is 0.612. The highest BCUT2D eigenvalue weighted by molar-refractivity contribution is 6.24. The summed E-state index contributed by atoms with van der Waals surface area (Å²) in [6.45, 7) is 0. The Morgan fingerprint density at radius 3 is 1.56 bits per heavy atom.